The van der Waals surface area contributed by atoms with Gasteiger partial charge in [0.05, 0.1) is 22.1 Å². The van der Waals surface area contributed by atoms with Gasteiger partial charge in [0, 0.05) is 77.0 Å². The molecule has 0 atom stereocenters. The second-order valence-corrected chi connectivity index (χ2v) is 21.0. The number of benzene rings is 6. The Hall–Kier alpha value is -5.39. The molecular formula is C58H49AgCl4F4N4O2P. The smallest absolute Gasteiger partial charge is 0 e. The maximum atomic E-state index is 9.83. The van der Waals surface area contributed by atoms with E-state index in [9.17, 15) is 16.8 Å². The second-order valence-electron chi connectivity index (χ2n) is 18.6. The Bertz CT molecular complexity index is 3260. The number of fused-ring (bicyclic) bond motifs is 10. The molecule has 10 aromatic rings. The third-order valence-electron chi connectivity index (χ3n) is 12.9. The van der Waals surface area contributed by atoms with E-state index in [1.54, 1.807) is 24.3 Å². The van der Waals surface area contributed by atoms with Crippen molar-refractivity contribution in [3.63, 3.8) is 0 Å². The zero-order valence-electron chi connectivity index (χ0n) is 41.3. The summed E-state index contributed by atoms with van der Waals surface area (Å²) in [6.45, 7) is 17.5. The Morgan fingerprint density at radius 1 is 0.351 bits per heavy atom. The number of hydrogen-bond acceptors (Lipinski definition) is 6. The number of pyridine rings is 4. The molecule has 74 heavy (non-hydrogen) atoms. The van der Waals surface area contributed by atoms with E-state index < -0.39 is 8.51 Å². The summed E-state index contributed by atoms with van der Waals surface area (Å²) in [5.74, 6) is 4.13. The SMILES string of the molecule is Cc1cccc2c1Oc1c(C)cccc1C2(C)C.Cc1cccc2c1Oc1c(C)cccc1C2(C)C.Clc1ccc2ccc3ccc(Cl)nc3c2n1.Clc1ccc2ccc3ccc(Cl)nc3c2n1.F[PH](F)(F)F.[Ag]. The van der Waals surface area contributed by atoms with Crippen molar-refractivity contribution in [2.45, 2.75) is 66.2 Å². The number of ether oxygens (including phenoxy) is 2. The first-order chi connectivity index (χ1) is 34.5. The van der Waals surface area contributed by atoms with Crippen LogP contribution in [0.5, 0.6) is 23.0 Å². The quantitative estimate of drug-likeness (QED) is 0.0495. The van der Waals surface area contributed by atoms with Crippen molar-refractivity contribution in [2.24, 2.45) is 0 Å². The van der Waals surface area contributed by atoms with Gasteiger partial charge >= 0.3 is 25.3 Å². The van der Waals surface area contributed by atoms with Crippen molar-refractivity contribution in [3.8, 4) is 23.0 Å². The van der Waals surface area contributed by atoms with Gasteiger partial charge in [-0.25, -0.2) is 19.9 Å². The first kappa shape index (κ1) is 56.3. The van der Waals surface area contributed by atoms with Crippen LogP contribution in [0.25, 0.3) is 43.6 Å². The Morgan fingerprint density at radius 2 is 0.541 bits per heavy atom. The predicted molar refractivity (Wildman–Crippen MR) is 296 cm³/mol. The van der Waals surface area contributed by atoms with E-state index in [0.717, 1.165) is 66.6 Å². The maximum Gasteiger partial charge on any atom is 0 e. The second kappa shape index (κ2) is 22.8. The van der Waals surface area contributed by atoms with Crippen LogP contribution in [-0.2, 0) is 33.2 Å². The molecule has 2 aliphatic heterocycles. The minimum atomic E-state index is -6.61. The molecule has 16 heteroatoms. The summed E-state index contributed by atoms with van der Waals surface area (Å²) in [6.07, 6.45) is 0. The average molecular weight is 1190 g/mol. The molecule has 2 aliphatic rings. The summed E-state index contributed by atoms with van der Waals surface area (Å²) in [7, 11) is -6.61. The topological polar surface area (TPSA) is 70.0 Å². The van der Waals surface area contributed by atoms with Crippen molar-refractivity contribution in [1.82, 2.24) is 19.9 Å². The van der Waals surface area contributed by atoms with Gasteiger partial charge in [0.1, 0.15) is 43.6 Å². The predicted octanol–water partition coefficient (Wildman–Crippen LogP) is 19.9. The first-order valence-corrected chi connectivity index (χ1v) is 26.1. The third kappa shape index (κ3) is 12.3. The number of nitrogens with zero attached hydrogens (tertiary/aromatic N) is 4. The zero-order valence-corrected chi connectivity index (χ0v) is 46.8. The molecule has 0 amide bonds. The van der Waals surface area contributed by atoms with Crippen LogP contribution in [0.2, 0.25) is 20.6 Å². The Labute approximate surface area is 463 Å². The van der Waals surface area contributed by atoms with E-state index in [4.69, 9.17) is 55.9 Å². The third-order valence-corrected chi connectivity index (χ3v) is 13.7. The minimum absolute atomic E-state index is 0. The Morgan fingerprint density at radius 3 is 0.743 bits per heavy atom. The molecule has 0 fully saturated rings. The van der Waals surface area contributed by atoms with E-state index in [-0.39, 0.29) is 33.2 Å². The van der Waals surface area contributed by atoms with Crippen LogP contribution < -0.4 is 9.47 Å². The van der Waals surface area contributed by atoms with Crippen molar-refractivity contribution >= 4 is 98.5 Å². The monoisotopic (exact) mass is 1190 g/mol. The number of rotatable bonds is 0. The van der Waals surface area contributed by atoms with Gasteiger partial charge in [-0.2, -0.15) is 0 Å². The summed E-state index contributed by atoms with van der Waals surface area (Å²) < 4.78 is 51.7. The fraction of sp³-hybridized carbons (Fsp3) is 0.172. The Kier molecular flexibility index (Phi) is 17.4. The van der Waals surface area contributed by atoms with Crippen molar-refractivity contribution in [1.29, 1.82) is 0 Å². The van der Waals surface area contributed by atoms with Crippen LogP contribution in [0.1, 0.15) is 72.2 Å². The summed E-state index contributed by atoms with van der Waals surface area (Å²) in [5.41, 5.74) is 13.1. The molecule has 0 spiro atoms. The van der Waals surface area contributed by atoms with Gasteiger partial charge in [0.2, 0.25) is 0 Å². The fourth-order valence-corrected chi connectivity index (χ4v) is 9.64. The number of halogens is 8. The van der Waals surface area contributed by atoms with Crippen molar-refractivity contribution < 1.29 is 48.6 Å². The van der Waals surface area contributed by atoms with Gasteiger partial charge in [0.25, 0.3) is 0 Å². The molecule has 6 nitrogen and oxygen atoms in total. The molecule has 0 saturated heterocycles. The molecular weight excluding hydrogens is 1140 g/mol. The summed E-state index contributed by atoms with van der Waals surface area (Å²) in [5, 5.41) is 5.86. The summed E-state index contributed by atoms with van der Waals surface area (Å²) >= 11 is 23.5. The van der Waals surface area contributed by atoms with Crippen LogP contribution in [0, 0.1) is 27.7 Å². The standard InChI is InChI=1S/2C17H18O.2C12H6Cl2N2.Ag.F4HP/c2*1-11-7-5-9-13-15(11)18-16-12(2)8-6-10-14(16)17(13,3)4;2*13-9-5-3-7-1-2-8-4-6-10(14)16-12(8)11(7)15-9;;1-5(2,3)4/h2*5-10H,1-4H3;2*1-6H;;5H. The molecule has 4 aromatic heterocycles. The van der Waals surface area contributed by atoms with E-state index in [0.29, 0.717) is 20.6 Å². The largest absolute Gasteiger partial charge is 0 e. The van der Waals surface area contributed by atoms with E-state index in [1.165, 1.54) is 44.5 Å². The molecule has 0 N–H and O–H groups in total. The molecule has 12 rings (SSSR count). The van der Waals surface area contributed by atoms with Crippen LogP contribution in [0.4, 0.5) is 16.8 Å². The van der Waals surface area contributed by atoms with Crippen molar-refractivity contribution in [2.75, 3.05) is 0 Å². The molecule has 0 aliphatic carbocycles. The van der Waals surface area contributed by atoms with Gasteiger partial charge in [-0.15, -0.1) is 0 Å². The molecule has 0 unspecified atom stereocenters. The van der Waals surface area contributed by atoms with Crippen LogP contribution in [-0.4, -0.2) is 19.9 Å². The fourth-order valence-electron chi connectivity index (χ4n) is 9.05. The van der Waals surface area contributed by atoms with Gasteiger partial charge in [-0.05, 0) is 98.5 Å². The Balaban J connectivity index is 0.000000139. The van der Waals surface area contributed by atoms with Crippen LogP contribution >= 0.6 is 54.9 Å². The molecule has 0 saturated carbocycles. The van der Waals surface area contributed by atoms with Gasteiger partial charge < -0.3 is 9.47 Å². The van der Waals surface area contributed by atoms with Crippen LogP contribution in [0.3, 0.4) is 0 Å². The average Bonchev–Trinajstić information content (AvgIpc) is 3.33. The van der Waals surface area contributed by atoms with Gasteiger partial charge in [-0.3, -0.25) is 0 Å². The molecule has 6 heterocycles. The number of aromatic nitrogens is 4. The number of hydrogen-bond donors (Lipinski definition) is 0. The molecule has 0 bridgehead atoms. The number of para-hydroxylation sites is 4. The van der Waals surface area contributed by atoms with Gasteiger partial charge in [0.15, 0.2) is 0 Å². The first-order valence-electron chi connectivity index (χ1n) is 23.1. The molecule has 385 valence electrons. The normalized spacial score (nSPS) is 13.4. The zero-order chi connectivity index (χ0) is 52.6. The van der Waals surface area contributed by atoms with E-state index in [2.05, 4.69) is 148 Å². The van der Waals surface area contributed by atoms with E-state index in [1.807, 2.05) is 48.5 Å². The maximum absolute atomic E-state index is 9.83. The molecule has 6 aromatic carbocycles. The minimum Gasteiger partial charge on any atom is 0 e. The molecule has 1 radical (unpaired) electrons. The van der Waals surface area contributed by atoms with Crippen molar-refractivity contribution in [3.05, 3.63) is 211 Å². The summed E-state index contributed by atoms with van der Waals surface area (Å²) in [4.78, 5) is 17.2. The van der Waals surface area contributed by atoms with Crippen LogP contribution in [0.15, 0.2) is 146 Å². The van der Waals surface area contributed by atoms with E-state index >= 15 is 0 Å². The number of aryl methyl sites for hydroxylation is 4. The summed E-state index contributed by atoms with van der Waals surface area (Å²) in [6, 6.07) is 48.3. The van der Waals surface area contributed by atoms with Gasteiger partial charge in [-0.1, -0.05) is 171 Å².